The summed E-state index contributed by atoms with van der Waals surface area (Å²) in [5.74, 6) is -0.346. The van der Waals surface area contributed by atoms with Gasteiger partial charge in [-0.3, -0.25) is 4.90 Å². The average molecular weight is 359 g/mol. The minimum Gasteiger partial charge on any atom is -0.387 e. The summed E-state index contributed by atoms with van der Waals surface area (Å²) in [5, 5.41) is 10.4. The Morgan fingerprint density at radius 1 is 0.923 bits per heavy atom. The van der Waals surface area contributed by atoms with Gasteiger partial charge in [0.2, 0.25) is 0 Å². The van der Waals surface area contributed by atoms with E-state index in [1.807, 2.05) is 0 Å². The number of aliphatic hydroxyl groups is 1. The summed E-state index contributed by atoms with van der Waals surface area (Å²) in [6.07, 6.45) is -0.813. The van der Waals surface area contributed by atoms with Crippen LogP contribution in [0.2, 0.25) is 0 Å². The van der Waals surface area contributed by atoms with E-state index in [-0.39, 0.29) is 5.82 Å². The highest BCUT2D eigenvalue weighted by molar-refractivity contribution is 5.58. The molecule has 0 heterocycles. The fraction of sp³-hybridized carbons (Fsp3) is 0.455. The molecular formula is C22H31FN2O. The first-order chi connectivity index (χ1) is 12.5. The molecule has 1 unspecified atom stereocenters. The predicted molar refractivity (Wildman–Crippen MR) is 107 cm³/mol. The molecule has 0 aliphatic rings. The molecule has 0 saturated heterocycles. The van der Waals surface area contributed by atoms with E-state index in [0.29, 0.717) is 12.1 Å². The van der Waals surface area contributed by atoms with Gasteiger partial charge in [0.25, 0.3) is 0 Å². The van der Waals surface area contributed by atoms with Gasteiger partial charge in [-0.25, -0.2) is 4.39 Å². The Balaban J connectivity index is 2.02. The van der Waals surface area contributed by atoms with E-state index >= 15 is 0 Å². The van der Waals surface area contributed by atoms with Gasteiger partial charge < -0.3 is 10.0 Å². The summed E-state index contributed by atoms with van der Waals surface area (Å²) < 4.78 is 13.9. The Morgan fingerprint density at radius 3 is 2.15 bits per heavy atom. The molecule has 0 bridgehead atoms. The molecule has 3 nitrogen and oxygen atoms in total. The lowest BCUT2D eigenvalue weighted by Gasteiger charge is -2.31. The molecule has 1 N–H and O–H groups in total. The molecule has 0 aromatic heterocycles. The number of likely N-dealkylation sites (N-methyl/N-ethyl adjacent to an activating group) is 2. The number of hydrogen-bond acceptors (Lipinski definition) is 3. The van der Waals surface area contributed by atoms with Crippen molar-refractivity contribution < 1.29 is 9.50 Å². The molecule has 0 amide bonds. The molecule has 0 fully saturated rings. The van der Waals surface area contributed by atoms with Crippen LogP contribution >= 0.6 is 0 Å². The maximum atomic E-state index is 13.9. The van der Waals surface area contributed by atoms with Crippen molar-refractivity contribution in [3.63, 3.8) is 0 Å². The first kappa shape index (κ1) is 20.4. The number of rotatable bonds is 9. The monoisotopic (exact) mass is 358 g/mol. The fourth-order valence-corrected chi connectivity index (χ4v) is 3.46. The van der Waals surface area contributed by atoms with Gasteiger partial charge in [0.1, 0.15) is 5.82 Å². The Kier molecular flexibility index (Phi) is 7.61. The van der Waals surface area contributed by atoms with Crippen LogP contribution in [0.3, 0.4) is 0 Å². The number of nitrogens with zero attached hydrogens (tertiary/aromatic N) is 2. The molecule has 2 aromatic carbocycles. The molecule has 2 rings (SSSR count). The highest BCUT2D eigenvalue weighted by Crippen LogP contribution is 2.24. The summed E-state index contributed by atoms with van der Waals surface area (Å²) in [5.41, 5.74) is 4.22. The van der Waals surface area contributed by atoms with E-state index in [9.17, 15) is 9.50 Å². The van der Waals surface area contributed by atoms with Crippen LogP contribution in [0.1, 0.15) is 36.6 Å². The Labute approximate surface area is 157 Å². The fourth-order valence-electron chi connectivity index (χ4n) is 3.46. The quantitative estimate of drug-likeness (QED) is 0.723. The van der Waals surface area contributed by atoms with E-state index in [1.54, 1.807) is 18.2 Å². The number of aliphatic hydroxyl groups excluding tert-OH is 1. The van der Waals surface area contributed by atoms with Crippen LogP contribution in [0.4, 0.5) is 10.1 Å². The molecular weight excluding hydrogens is 327 g/mol. The largest absolute Gasteiger partial charge is 0.387 e. The molecule has 142 valence electrons. The lowest BCUT2D eigenvalue weighted by molar-refractivity contribution is 0.114. The summed E-state index contributed by atoms with van der Waals surface area (Å²) in [4.78, 5) is 4.55. The lowest BCUT2D eigenvalue weighted by atomic mass is 10.1. The Morgan fingerprint density at radius 2 is 1.58 bits per heavy atom. The smallest absolute Gasteiger partial charge is 0.129 e. The number of benzene rings is 2. The van der Waals surface area contributed by atoms with Crippen LogP contribution in [0.25, 0.3) is 0 Å². The molecule has 26 heavy (non-hydrogen) atoms. The second-order valence-electron chi connectivity index (χ2n) is 6.75. The van der Waals surface area contributed by atoms with Crippen LogP contribution in [0.15, 0.2) is 42.5 Å². The van der Waals surface area contributed by atoms with Crippen molar-refractivity contribution in [3.8, 4) is 0 Å². The van der Waals surface area contributed by atoms with Gasteiger partial charge in [0.05, 0.1) is 6.10 Å². The molecule has 0 aliphatic heterocycles. The van der Waals surface area contributed by atoms with Crippen LogP contribution < -0.4 is 4.90 Å². The zero-order chi connectivity index (χ0) is 19.1. The van der Waals surface area contributed by atoms with Gasteiger partial charge in [0, 0.05) is 37.4 Å². The van der Waals surface area contributed by atoms with Crippen LogP contribution in [-0.4, -0.2) is 42.7 Å². The van der Waals surface area contributed by atoms with Crippen LogP contribution in [0.5, 0.6) is 0 Å². The zero-order valence-electron chi connectivity index (χ0n) is 16.4. The molecule has 0 aliphatic carbocycles. The van der Waals surface area contributed by atoms with Gasteiger partial charge >= 0.3 is 0 Å². The van der Waals surface area contributed by atoms with Crippen molar-refractivity contribution in [3.05, 3.63) is 65.0 Å². The van der Waals surface area contributed by atoms with E-state index in [2.05, 4.69) is 55.7 Å². The summed E-state index contributed by atoms with van der Waals surface area (Å²) >= 11 is 0. The van der Waals surface area contributed by atoms with Crippen molar-refractivity contribution in [1.29, 1.82) is 0 Å². The SMILES string of the molecule is CCN(CCN(CC)c1c(C)cccc1C)CC(O)c1ccccc1F. The van der Waals surface area contributed by atoms with Gasteiger partial charge in [-0.05, 0) is 44.5 Å². The van der Waals surface area contributed by atoms with E-state index in [1.165, 1.54) is 22.9 Å². The second-order valence-corrected chi connectivity index (χ2v) is 6.75. The van der Waals surface area contributed by atoms with E-state index in [0.717, 1.165) is 26.2 Å². The summed E-state index contributed by atoms with van der Waals surface area (Å²) in [6, 6.07) is 12.8. The van der Waals surface area contributed by atoms with Gasteiger partial charge in [0.15, 0.2) is 0 Å². The summed E-state index contributed by atoms with van der Waals surface area (Å²) in [6.45, 7) is 12.4. The normalized spacial score (nSPS) is 12.4. The zero-order valence-corrected chi connectivity index (χ0v) is 16.4. The maximum absolute atomic E-state index is 13.9. The number of halogens is 1. The average Bonchev–Trinajstić information content (AvgIpc) is 2.63. The van der Waals surface area contributed by atoms with Crippen molar-refractivity contribution in [2.45, 2.75) is 33.8 Å². The highest BCUT2D eigenvalue weighted by Gasteiger charge is 2.17. The maximum Gasteiger partial charge on any atom is 0.129 e. The summed E-state index contributed by atoms with van der Waals surface area (Å²) in [7, 11) is 0. The minimum atomic E-state index is -0.813. The van der Waals surface area contributed by atoms with Crippen molar-refractivity contribution in [2.75, 3.05) is 37.6 Å². The van der Waals surface area contributed by atoms with E-state index < -0.39 is 6.10 Å². The van der Waals surface area contributed by atoms with Crippen molar-refractivity contribution >= 4 is 5.69 Å². The first-order valence-corrected chi connectivity index (χ1v) is 9.43. The number of para-hydroxylation sites is 1. The van der Waals surface area contributed by atoms with Crippen LogP contribution in [-0.2, 0) is 0 Å². The Hall–Kier alpha value is -1.91. The molecule has 0 radical (unpaired) electrons. The molecule has 0 spiro atoms. The molecule has 1 atom stereocenters. The third-order valence-electron chi connectivity index (χ3n) is 4.97. The highest BCUT2D eigenvalue weighted by atomic mass is 19.1. The third-order valence-corrected chi connectivity index (χ3v) is 4.97. The van der Waals surface area contributed by atoms with E-state index in [4.69, 9.17) is 0 Å². The number of aryl methyl sites for hydroxylation is 2. The number of anilines is 1. The van der Waals surface area contributed by atoms with Crippen molar-refractivity contribution in [1.82, 2.24) is 4.90 Å². The van der Waals surface area contributed by atoms with Gasteiger partial charge in [-0.2, -0.15) is 0 Å². The lowest BCUT2D eigenvalue weighted by Crippen LogP contribution is -2.37. The molecule has 2 aromatic rings. The third kappa shape index (κ3) is 5.05. The predicted octanol–water partition coefficient (Wildman–Crippen LogP) is 4.32. The van der Waals surface area contributed by atoms with Gasteiger partial charge in [-0.15, -0.1) is 0 Å². The number of hydrogen-bond donors (Lipinski definition) is 1. The topological polar surface area (TPSA) is 26.7 Å². The molecule has 4 heteroatoms. The Bertz CT molecular complexity index is 684. The molecule has 0 saturated carbocycles. The van der Waals surface area contributed by atoms with Crippen LogP contribution in [0, 0.1) is 19.7 Å². The standard InChI is InChI=1S/C22H31FN2O/c1-5-24(16-21(26)19-12-7-8-13-20(19)23)14-15-25(6-2)22-17(3)10-9-11-18(22)4/h7-13,21,26H,5-6,14-16H2,1-4H3. The first-order valence-electron chi connectivity index (χ1n) is 9.43. The van der Waals surface area contributed by atoms with Crippen molar-refractivity contribution in [2.24, 2.45) is 0 Å². The second kappa shape index (κ2) is 9.70. The van der Waals surface area contributed by atoms with Gasteiger partial charge in [-0.1, -0.05) is 43.3 Å². The minimum absolute atomic E-state index is 0.346.